The summed E-state index contributed by atoms with van der Waals surface area (Å²) >= 11 is 2.70. The van der Waals surface area contributed by atoms with E-state index >= 15 is 0 Å². The molecule has 0 unspecified atom stereocenters. The van der Waals surface area contributed by atoms with Crippen molar-refractivity contribution >= 4 is 57.4 Å². The van der Waals surface area contributed by atoms with E-state index in [9.17, 15) is 4.79 Å². The van der Waals surface area contributed by atoms with Crippen molar-refractivity contribution in [3.8, 4) is 0 Å². The van der Waals surface area contributed by atoms with Gasteiger partial charge in [0, 0.05) is 6.08 Å². The smallest absolute Gasteiger partial charge is 0.264 e. The number of aromatic amines is 1. The standard InChI is InChI=1S/C23H18N4O2S2/c1-13-3-6-15(7-4-13)24-22-27-21(28)19(30-22)12-16-8-10-20(29-16)31-23-25-17-9-5-14(2)11-18(17)26-23/h3-12H,1-2H3,(H,25,26)(H,24,27,28)/b19-12+. The van der Waals surface area contributed by atoms with Crippen molar-refractivity contribution in [3.63, 3.8) is 0 Å². The van der Waals surface area contributed by atoms with E-state index in [0.717, 1.165) is 27.4 Å². The Balaban J connectivity index is 1.31. The zero-order valence-corrected chi connectivity index (χ0v) is 18.4. The highest BCUT2D eigenvalue weighted by Crippen LogP contribution is 2.32. The third-order valence-electron chi connectivity index (χ3n) is 4.60. The average molecular weight is 447 g/mol. The van der Waals surface area contributed by atoms with E-state index in [1.54, 1.807) is 6.08 Å². The molecule has 0 spiro atoms. The number of rotatable bonds is 4. The fourth-order valence-corrected chi connectivity index (χ4v) is 4.65. The number of nitrogens with one attached hydrogen (secondary N) is 2. The number of thioether (sulfide) groups is 1. The van der Waals surface area contributed by atoms with Crippen LogP contribution in [0.1, 0.15) is 16.9 Å². The fourth-order valence-electron chi connectivity index (χ4n) is 3.06. The van der Waals surface area contributed by atoms with Crippen LogP contribution in [0.5, 0.6) is 0 Å². The Hall–Kier alpha value is -3.23. The van der Waals surface area contributed by atoms with Gasteiger partial charge in [-0.05, 0) is 79.3 Å². The lowest BCUT2D eigenvalue weighted by Gasteiger charge is -1.96. The van der Waals surface area contributed by atoms with Gasteiger partial charge in [0.1, 0.15) is 5.76 Å². The molecule has 2 aromatic heterocycles. The second-order valence-electron chi connectivity index (χ2n) is 7.14. The highest BCUT2D eigenvalue weighted by molar-refractivity contribution is 8.18. The average Bonchev–Trinajstić information content (AvgIpc) is 3.43. The first-order chi connectivity index (χ1) is 15.0. The third kappa shape index (κ3) is 4.45. The summed E-state index contributed by atoms with van der Waals surface area (Å²) in [7, 11) is 0. The number of fused-ring (bicyclic) bond motifs is 1. The summed E-state index contributed by atoms with van der Waals surface area (Å²) in [5.74, 6) is 0.415. The number of hydrogen-bond acceptors (Lipinski definition) is 6. The Kier molecular flexibility index (Phi) is 5.17. The van der Waals surface area contributed by atoms with Crippen LogP contribution in [0.25, 0.3) is 17.1 Å². The molecule has 0 bridgehead atoms. The molecule has 0 atom stereocenters. The third-order valence-corrected chi connectivity index (χ3v) is 6.32. The van der Waals surface area contributed by atoms with E-state index in [2.05, 4.69) is 26.3 Å². The van der Waals surface area contributed by atoms with Crippen molar-refractivity contribution in [2.45, 2.75) is 24.1 Å². The van der Waals surface area contributed by atoms with Crippen LogP contribution in [0.15, 0.2) is 79.2 Å². The summed E-state index contributed by atoms with van der Waals surface area (Å²) in [5, 5.41) is 4.80. The van der Waals surface area contributed by atoms with Gasteiger partial charge in [-0.1, -0.05) is 23.8 Å². The number of aryl methyl sites for hydroxylation is 2. The number of carbonyl (C=O) groups is 1. The number of furan rings is 1. The summed E-state index contributed by atoms with van der Waals surface area (Å²) in [5.41, 5.74) is 5.05. The van der Waals surface area contributed by atoms with Crippen LogP contribution in [-0.2, 0) is 4.79 Å². The minimum Gasteiger partial charge on any atom is -0.450 e. The normalized spacial score (nSPS) is 16.5. The van der Waals surface area contributed by atoms with Gasteiger partial charge in [0.05, 0.1) is 21.6 Å². The first-order valence-electron chi connectivity index (χ1n) is 9.62. The maximum Gasteiger partial charge on any atom is 0.264 e. The van der Waals surface area contributed by atoms with Gasteiger partial charge in [0.2, 0.25) is 0 Å². The summed E-state index contributed by atoms with van der Waals surface area (Å²) < 4.78 is 5.88. The molecule has 154 valence electrons. The molecule has 6 nitrogen and oxygen atoms in total. The SMILES string of the molecule is Cc1ccc(N=C2NC(=O)/C(=C\c3ccc(Sc4nc5ccc(C)cc5[nH]4)o3)S2)cc1. The van der Waals surface area contributed by atoms with Crippen LogP contribution in [0.3, 0.4) is 0 Å². The van der Waals surface area contributed by atoms with Gasteiger partial charge in [-0.3, -0.25) is 4.79 Å². The van der Waals surface area contributed by atoms with Crippen LogP contribution in [-0.4, -0.2) is 21.0 Å². The molecular weight excluding hydrogens is 428 g/mol. The number of hydrogen-bond donors (Lipinski definition) is 2. The molecule has 2 N–H and O–H groups in total. The molecule has 2 aromatic carbocycles. The second kappa shape index (κ2) is 8.13. The van der Waals surface area contributed by atoms with E-state index < -0.39 is 0 Å². The number of imidazole rings is 1. The van der Waals surface area contributed by atoms with Gasteiger partial charge in [-0.15, -0.1) is 0 Å². The lowest BCUT2D eigenvalue weighted by atomic mass is 10.2. The molecule has 0 saturated carbocycles. The molecule has 8 heteroatoms. The quantitative estimate of drug-likeness (QED) is 0.386. The number of nitrogens with zero attached hydrogens (tertiary/aromatic N) is 2. The molecule has 1 aliphatic rings. The van der Waals surface area contributed by atoms with Crippen molar-refractivity contribution < 1.29 is 9.21 Å². The predicted octanol–water partition coefficient (Wildman–Crippen LogP) is 5.82. The molecule has 1 saturated heterocycles. The minimum absolute atomic E-state index is 0.186. The van der Waals surface area contributed by atoms with Gasteiger partial charge < -0.3 is 14.7 Å². The summed E-state index contributed by atoms with van der Waals surface area (Å²) in [6, 6.07) is 17.6. The minimum atomic E-state index is -0.186. The van der Waals surface area contributed by atoms with Crippen molar-refractivity contribution in [1.29, 1.82) is 0 Å². The number of benzene rings is 2. The van der Waals surface area contributed by atoms with Crippen LogP contribution in [0, 0.1) is 13.8 Å². The van der Waals surface area contributed by atoms with Crippen molar-refractivity contribution in [2.75, 3.05) is 0 Å². The van der Waals surface area contributed by atoms with Gasteiger partial charge in [0.15, 0.2) is 15.4 Å². The van der Waals surface area contributed by atoms with Gasteiger partial charge >= 0.3 is 0 Å². The molecule has 31 heavy (non-hydrogen) atoms. The van der Waals surface area contributed by atoms with E-state index in [4.69, 9.17) is 4.42 Å². The maximum atomic E-state index is 12.3. The first kappa shape index (κ1) is 19.7. The zero-order valence-electron chi connectivity index (χ0n) is 16.8. The monoisotopic (exact) mass is 446 g/mol. The molecule has 3 heterocycles. The van der Waals surface area contributed by atoms with Gasteiger partial charge in [-0.2, -0.15) is 0 Å². The van der Waals surface area contributed by atoms with E-state index in [1.807, 2.05) is 62.4 Å². The van der Waals surface area contributed by atoms with Crippen LogP contribution in [0.2, 0.25) is 0 Å². The number of amides is 1. The highest BCUT2D eigenvalue weighted by Gasteiger charge is 2.24. The molecule has 0 radical (unpaired) electrons. The van der Waals surface area contributed by atoms with Crippen LogP contribution >= 0.6 is 23.5 Å². The summed E-state index contributed by atoms with van der Waals surface area (Å²) in [6.07, 6.45) is 1.73. The molecule has 0 aliphatic carbocycles. The lowest BCUT2D eigenvalue weighted by molar-refractivity contribution is -0.115. The molecule has 1 amide bonds. The Morgan fingerprint density at radius 2 is 1.87 bits per heavy atom. The second-order valence-corrected chi connectivity index (χ2v) is 9.16. The molecule has 1 aliphatic heterocycles. The first-order valence-corrected chi connectivity index (χ1v) is 11.3. The number of aromatic nitrogens is 2. The van der Waals surface area contributed by atoms with Gasteiger partial charge in [-0.25, -0.2) is 9.98 Å². The fraction of sp³-hybridized carbons (Fsp3) is 0.0870. The zero-order chi connectivity index (χ0) is 21.4. The Labute approximate surface area is 187 Å². The van der Waals surface area contributed by atoms with E-state index in [-0.39, 0.29) is 5.91 Å². The topological polar surface area (TPSA) is 83.3 Å². The molecule has 1 fully saturated rings. The van der Waals surface area contributed by atoms with Gasteiger partial charge in [0.25, 0.3) is 5.91 Å². The van der Waals surface area contributed by atoms with E-state index in [0.29, 0.717) is 20.9 Å². The largest absolute Gasteiger partial charge is 0.450 e. The molecular formula is C23H18N4O2S2. The van der Waals surface area contributed by atoms with Crippen molar-refractivity contribution in [1.82, 2.24) is 15.3 Å². The van der Waals surface area contributed by atoms with Crippen LogP contribution < -0.4 is 5.32 Å². The summed E-state index contributed by atoms with van der Waals surface area (Å²) in [6.45, 7) is 4.07. The predicted molar refractivity (Wildman–Crippen MR) is 126 cm³/mol. The van der Waals surface area contributed by atoms with Crippen molar-refractivity contribution in [3.05, 3.63) is 76.4 Å². The number of aliphatic imine (C=N–C) groups is 1. The van der Waals surface area contributed by atoms with Crippen LogP contribution in [0.4, 0.5) is 5.69 Å². The number of amidine groups is 1. The van der Waals surface area contributed by atoms with Crippen molar-refractivity contribution in [2.24, 2.45) is 4.99 Å². The summed E-state index contributed by atoms with van der Waals surface area (Å²) in [4.78, 5) is 25.2. The Morgan fingerprint density at radius 1 is 1.06 bits per heavy atom. The number of carbonyl (C=O) groups excluding carboxylic acids is 1. The number of H-pyrrole nitrogens is 1. The van der Waals surface area contributed by atoms with E-state index in [1.165, 1.54) is 29.1 Å². The highest BCUT2D eigenvalue weighted by atomic mass is 32.2. The molecule has 5 rings (SSSR count). The maximum absolute atomic E-state index is 12.3. The Morgan fingerprint density at radius 3 is 2.71 bits per heavy atom. The lowest BCUT2D eigenvalue weighted by Crippen LogP contribution is -2.19. The Bertz CT molecular complexity index is 1350. The molecule has 4 aromatic rings.